The summed E-state index contributed by atoms with van der Waals surface area (Å²) in [5, 5.41) is 8.83. The Morgan fingerprint density at radius 2 is 2.11 bits per heavy atom. The lowest BCUT2D eigenvalue weighted by Crippen LogP contribution is -2.20. The van der Waals surface area contributed by atoms with Crippen molar-refractivity contribution in [3.8, 4) is 0 Å². The Kier molecular flexibility index (Phi) is 2.82. The Labute approximate surface area is 109 Å². The first-order chi connectivity index (χ1) is 9.00. The maximum atomic E-state index is 14.1. The predicted molar refractivity (Wildman–Crippen MR) is 62.7 cm³/mol. The van der Waals surface area contributed by atoms with Gasteiger partial charge in [-0.05, 0) is 24.1 Å². The number of halogens is 2. The molecule has 102 valence electrons. The van der Waals surface area contributed by atoms with Crippen molar-refractivity contribution in [2.75, 3.05) is 0 Å². The van der Waals surface area contributed by atoms with Crippen LogP contribution >= 0.6 is 0 Å². The smallest absolute Gasteiger partial charge is 0.310 e. The highest BCUT2D eigenvalue weighted by Crippen LogP contribution is 2.64. The Morgan fingerprint density at radius 3 is 2.63 bits per heavy atom. The van der Waals surface area contributed by atoms with Gasteiger partial charge in [0.2, 0.25) is 0 Å². The van der Waals surface area contributed by atoms with Crippen molar-refractivity contribution in [3.05, 3.63) is 35.6 Å². The highest BCUT2D eigenvalue weighted by atomic mass is 19.1. The molecule has 0 radical (unpaired) electrons. The van der Waals surface area contributed by atoms with E-state index in [0.29, 0.717) is 13.0 Å². The second-order valence-corrected chi connectivity index (χ2v) is 5.35. The van der Waals surface area contributed by atoms with E-state index in [1.54, 1.807) is 12.1 Å². The van der Waals surface area contributed by atoms with Gasteiger partial charge in [-0.15, -0.1) is 0 Å². The fraction of sp³-hybridized carbons (Fsp3) is 0.500. The molecule has 5 heteroatoms. The molecule has 0 aliphatic heterocycles. The van der Waals surface area contributed by atoms with Crippen LogP contribution in [0.25, 0.3) is 0 Å². The molecule has 1 aromatic rings. The molecule has 0 heterocycles. The monoisotopic (exact) mass is 268 g/mol. The van der Waals surface area contributed by atoms with E-state index in [2.05, 4.69) is 0 Å². The van der Waals surface area contributed by atoms with Crippen molar-refractivity contribution in [1.29, 1.82) is 0 Å². The van der Waals surface area contributed by atoms with E-state index < -0.39 is 23.5 Å². The molecule has 0 saturated heterocycles. The van der Waals surface area contributed by atoms with Crippen molar-refractivity contribution < 1.29 is 23.4 Å². The molecule has 0 amide bonds. The van der Waals surface area contributed by atoms with E-state index in [9.17, 15) is 13.6 Å². The molecule has 1 N–H and O–H groups in total. The quantitative estimate of drug-likeness (QED) is 0.912. The Morgan fingerprint density at radius 1 is 1.42 bits per heavy atom. The van der Waals surface area contributed by atoms with Crippen LogP contribution in [0.5, 0.6) is 0 Å². The van der Waals surface area contributed by atoms with Crippen LogP contribution in [0.1, 0.15) is 18.4 Å². The van der Waals surface area contributed by atoms with Gasteiger partial charge in [-0.3, -0.25) is 4.79 Å². The van der Waals surface area contributed by atoms with Crippen LogP contribution in [0, 0.1) is 17.7 Å². The van der Waals surface area contributed by atoms with E-state index in [0.717, 1.165) is 5.56 Å². The lowest BCUT2D eigenvalue weighted by Gasteiger charge is -2.15. The van der Waals surface area contributed by atoms with Gasteiger partial charge in [-0.25, -0.2) is 8.78 Å². The van der Waals surface area contributed by atoms with E-state index >= 15 is 0 Å². The van der Waals surface area contributed by atoms with Gasteiger partial charge in [0.1, 0.15) is 11.5 Å². The van der Waals surface area contributed by atoms with Gasteiger partial charge < -0.3 is 9.84 Å². The lowest BCUT2D eigenvalue weighted by molar-refractivity contribution is -0.140. The molecule has 0 spiro atoms. The Bertz CT molecular complexity index is 502. The number of fused-ring (bicyclic) bond motifs is 1. The SMILES string of the molecule is O=C(O)C1C2CC(OCc3ccc(F)cc3)CC21F. The van der Waals surface area contributed by atoms with Crippen LogP contribution in [-0.2, 0) is 16.1 Å². The third-order valence-corrected chi connectivity index (χ3v) is 4.15. The summed E-state index contributed by atoms with van der Waals surface area (Å²) in [6.07, 6.45) is 0.362. The summed E-state index contributed by atoms with van der Waals surface area (Å²) in [6.45, 7) is 0.297. The zero-order valence-electron chi connectivity index (χ0n) is 10.2. The largest absolute Gasteiger partial charge is 0.481 e. The molecular formula is C14H14F2O3. The van der Waals surface area contributed by atoms with Crippen molar-refractivity contribution in [2.45, 2.75) is 31.2 Å². The molecule has 3 nitrogen and oxygen atoms in total. The summed E-state index contributed by atoms with van der Waals surface area (Å²) < 4.78 is 32.4. The van der Waals surface area contributed by atoms with Crippen LogP contribution in [0.15, 0.2) is 24.3 Å². The molecule has 2 aliphatic rings. The molecular weight excluding hydrogens is 254 g/mol. The summed E-state index contributed by atoms with van der Waals surface area (Å²) in [6, 6.07) is 5.94. The van der Waals surface area contributed by atoms with Crippen LogP contribution in [-0.4, -0.2) is 22.8 Å². The minimum atomic E-state index is -1.57. The molecule has 0 bridgehead atoms. The summed E-state index contributed by atoms with van der Waals surface area (Å²) in [4.78, 5) is 10.8. The van der Waals surface area contributed by atoms with Crippen molar-refractivity contribution in [1.82, 2.24) is 0 Å². The van der Waals surface area contributed by atoms with Gasteiger partial charge in [-0.1, -0.05) is 12.1 Å². The van der Waals surface area contributed by atoms with Crippen molar-refractivity contribution >= 4 is 5.97 Å². The zero-order chi connectivity index (χ0) is 13.6. The normalized spacial score (nSPS) is 36.0. The standard InChI is InChI=1S/C14H14F2O3/c15-9-3-1-8(2-4-9)7-19-10-5-11-12(13(17)18)14(11,16)6-10/h1-4,10-12H,5-7H2,(H,17,18). The molecule has 4 atom stereocenters. The lowest BCUT2D eigenvalue weighted by atomic mass is 10.1. The van der Waals surface area contributed by atoms with Crippen LogP contribution < -0.4 is 0 Å². The van der Waals surface area contributed by atoms with Gasteiger partial charge in [0, 0.05) is 12.3 Å². The van der Waals surface area contributed by atoms with Gasteiger partial charge >= 0.3 is 5.97 Å². The van der Waals surface area contributed by atoms with E-state index in [-0.39, 0.29) is 18.3 Å². The summed E-state index contributed by atoms with van der Waals surface area (Å²) in [5.74, 6) is -2.61. The van der Waals surface area contributed by atoms with E-state index in [4.69, 9.17) is 9.84 Å². The number of aliphatic carboxylic acids is 1. The number of ether oxygens (including phenoxy) is 1. The molecule has 4 unspecified atom stereocenters. The second-order valence-electron chi connectivity index (χ2n) is 5.35. The molecule has 3 rings (SSSR count). The molecule has 1 aromatic carbocycles. The molecule has 2 saturated carbocycles. The van der Waals surface area contributed by atoms with Gasteiger partial charge in [-0.2, -0.15) is 0 Å². The Balaban J connectivity index is 1.52. The number of alkyl halides is 1. The number of hydrogen-bond acceptors (Lipinski definition) is 2. The Hall–Kier alpha value is -1.49. The third-order valence-electron chi connectivity index (χ3n) is 4.15. The highest BCUT2D eigenvalue weighted by molar-refractivity contribution is 5.77. The number of rotatable bonds is 4. The topological polar surface area (TPSA) is 46.5 Å². The first kappa shape index (κ1) is 12.5. The van der Waals surface area contributed by atoms with Crippen molar-refractivity contribution in [3.63, 3.8) is 0 Å². The van der Waals surface area contributed by atoms with Crippen LogP contribution in [0.4, 0.5) is 8.78 Å². The molecule has 2 aliphatic carbocycles. The zero-order valence-corrected chi connectivity index (χ0v) is 10.2. The van der Waals surface area contributed by atoms with Gasteiger partial charge in [0.05, 0.1) is 18.6 Å². The second kappa shape index (κ2) is 4.27. The third kappa shape index (κ3) is 2.12. The summed E-state index contributed by atoms with van der Waals surface area (Å²) in [7, 11) is 0. The molecule has 0 aromatic heterocycles. The van der Waals surface area contributed by atoms with Gasteiger partial charge in [0.15, 0.2) is 0 Å². The predicted octanol–water partition coefficient (Wildman–Crippen LogP) is 2.54. The van der Waals surface area contributed by atoms with Crippen molar-refractivity contribution in [2.24, 2.45) is 11.8 Å². The van der Waals surface area contributed by atoms with Crippen LogP contribution in [0.2, 0.25) is 0 Å². The first-order valence-corrected chi connectivity index (χ1v) is 6.28. The number of carbonyl (C=O) groups is 1. The molecule has 2 fully saturated rings. The number of carboxylic acid groups (broad SMARTS) is 1. The fourth-order valence-corrected chi connectivity index (χ4v) is 3.11. The maximum absolute atomic E-state index is 14.1. The summed E-state index contributed by atoms with van der Waals surface area (Å²) >= 11 is 0. The average molecular weight is 268 g/mol. The van der Waals surface area contributed by atoms with E-state index in [1.165, 1.54) is 12.1 Å². The maximum Gasteiger partial charge on any atom is 0.310 e. The van der Waals surface area contributed by atoms with Gasteiger partial charge in [0.25, 0.3) is 0 Å². The fourth-order valence-electron chi connectivity index (χ4n) is 3.11. The van der Waals surface area contributed by atoms with Crippen LogP contribution in [0.3, 0.4) is 0 Å². The number of benzene rings is 1. The first-order valence-electron chi connectivity index (χ1n) is 6.28. The van der Waals surface area contributed by atoms with E-state index in [1.807, 2.05) is 0 Å². The average Bonchev–Trinajstić information content (AvgIpc) is 2.78. The molecule has 19 heavy (non-hydrogen) atoms. The minimum Gasteiger partial charge on any atom is -0.481 e. The minimum absolute atomic E-state index is 0.149. The summed E-state index contributed by atoms with van der Waals surface area (Å²) in [5.41, 5.74) is -0.746. The highest BCUT2D eigenvalue weighted by Gasteiger charge is 2.74. The number of carboxylic acids is 1. The number of hydrogen-bond donors (Lipinski definition) is 1.